The number of benzene rings is 1. The van der Waals surface area contributed by atoms with E-state index in [0.29, 0.717) is 17.0 Å². The number of carbonyl (C=O) groups is 1. The molecule has 1 aromatic carbocycles. The Balaban J connectivity index is 1.35. The number of piperidine rings is 1. The summed E-state index contributed by atoms with van der Waals surface area (Å²) < 4.78 is 32.4. The molecule has 5 rings (SSSR count). The van der Waals surface area contributed by atoms with Gasteiger partial charge in [0, 0.05) is 67.6 Å². The number of aromatic nitrogens is 6. The number of hydrogen-bond donors (Lipinski definition) is 0. The van der Waals surface area contributed by atoms with Crippen LogP contribution < -0.4 is 0 Å². The number of amides is 1. The first-order valence-corrected chi connectivity index (χ1v) is 10.9. The van der Waals surface area contributed by atoms with E-state index < -0.39 is 18.5 Å². The third-order valence-corrected chi connectivity index (χ3v) is 6.07. The van der Waals surface area contributed by atoms with Gasteiger partial charge >= 0.3 is 0 Å². The fraction of sp³-hybridized carbons (Fsp3) is 0.292. The number of hydrogen-bond acceptors (Lipinski definition) is 5. The molecule has 0 radical (unpaired) electrons. The number of carbonyl (C=O) groups excluding carboxylic acids is 1. The minimum absolute atomic E-state index is 0.135. The van der Waals surface area contributed by atoms with Gasteiger partial charge in [-0.05, 0) is 18.1 Å². The maximum atomic E-state index is 14.7. The van der Waals surface area contributed by atoms with Gasteiger partial charge in [0.2, 0.25) is 5.91 Å². The fourth-order valence-electron chi connectivity index (χ4n) is 4.21. The van der Waals surface area contributed by atoms with E-state index in [0.717, 1.165) is 16.7 Å². The molecular weight excluding hydrogens is 440 g/mol. The number of nitrogens with zero attached hydrogens (tertiary/aromatic N) is 7. The van der Waals surface area contributed by atoms with E-state index in [4.69, 9.17) is 0 Å². The molecule has 0 N–H and O–H groups in total. The van der Waals surface area contributed by atoms with Crippen LogP contribution >= 0.6 is 0 Å². The molecule has 0 saturated carbocycles. The third-order valence-electron chi connectivity index (χ3n) is 6.07. The van der Waals surface area contributed by atoms with Crippen molar-refractivity contribution in [3.8, 4) is 33.6 Å². The predicted molar refractivity (Wildman–Crippen MR) is 122 cm³/mol. The van der Waals surface area contributed by atoms with Crippen LogP contribution in [0.2, 0.25) is 0 Å². The number of likely N-dealkylation sites (tertiary alicyclic amines) is 1. The molecule has 0 spiro atoms. The van der Waals surface area contributed by atoms with E-state index >= 15 is 0 Å². The van der Waals surface area contributed by atoms with Crippen LogP contribution in [0.1, 0.15) is 19.4 Å². The van der Waals surface area contributed by atoms with Gasteiger partial charge in [-0.15, -0.1) is 0 Å². The third kappa shape index (κ3) is 4.18. The number of alkyl halides is 2. The molecule has 1 atom stereocenters. The van der Waals surface area contributed by atoms with Gasteiger partial charge in [0.05, 0.1) is 18.9 Å². The van der Waals surface area contributed by atoms with E-state index in [2.05, 4.69) is 20.2 Å². The van der Waals surface area contributed by atoms with Gasteiger partial charge in [-0.2, -0.15) is 10.2 Å². The van der Waals surface area contributed by atoms with Crippen LogP contribution in [0.3, 0.4) is 0 Å². The van der Waals surface area contributed by atoms with Crippen molar-refractivity contribution in [3.63, 3.8) is 0 Å². The van der Waals surface area contributed by atoms with Gasteiger partial charge in [-0.1, -0.05) is 18.2 Å². The first kappa shape index (κ1) is 21.9. The van der Waals surface area contributed by atoms with Crippen LogP contribution in [0.15, 0.2) is 61.4 Å². The van der Waals surface area contributed by atoms with Crippen LogP contribution in [0.4, 0.5) is 8.78 Å². The summed E-state index contributed by atoms with van der Waals surface area (Å²) in [6, 6.07) is 6.77. The Morgan fingerprint density at radius 1 is 0.971 bits per heavy atom. The molecule has 0 bridgehead atoms. The lowest BCUT2D eigenvalue weighted by atomic mass is 10.0. The van der Waals surface area contributed by atoms with Crippen LogP contribution in [0.5, 0.6) is 0 Å². The van der Waals surface area contributed by atoms with Crippen molar-refractivity contribution in [2.24, 2.45) is 7.05 Å². The van der Waals surface area contributed by atoms with Crippen LogP contribution in [0, 0.1) is 0 Å². The topological polar surface area (TPSA) is 81.7 Å². The summed E-state index contributed by atoms with van der Waals surface area (Å²) in [6.07, 6.45) is 10.3. The Morgan fingerprint density at radius 3 is 2.35 bits per heavy atom. The quantitative estimate of drug-likeness (QED) is 0.459. The summed E-state index contributed by atoms with van der Waals surface area (Å²) in [4.78, 5) is 21.6. The van der Waals surface area contributed by atoms with Crippen LogP contribution in [0.25, 0.3) is 33.6 Å². The monoisotopic (exact) mass is 463 g/mol. The summed E-state index contributed by atoms with van der Waals surface area (Å²) in [5, 5.41) is 8.39. The van der Waals surface area contributed by atoms with E-state index in [9.17, 15) is 13.6 Å². The van der Waals surface area contributed by atoms with Crippen molar-refractivity contribution in [2.45, 2.75) is 25.3 Å². The first-order valence-electron chi connectivity index (χ1n) is 10.9. The molecule has 3 aromatic heterocycles. The number of halogens is 2. The zero-order chi connectivity index (χ0) is 23.9. The van der Waals surface area contributed by atoms with Gasteiger partial charge in [0.15, 0.2) is 5.82 Å². The molecule has 1 saturated heterocycles. The van der Waals surface area contributed by atoms with Crippen molar-refractivity contribution >= 4 is 5.91 Å². The van der Waals surface area contributed by atoms with Crippen molar-refractivity contribution in [2.75, 3.05) is 13.1 Å². The minimum Gasteiger partial charge on any atom is -0.337 e. The summed E-state index contributed by atoms with van der Waals surface area (Å²) in [7, 11) is 1.87. The maximum absolute atomic E-state index is 14.7. The molecule has 1 fully saturated rings. The lowest BCUT2D eigenvalue weighted by Crippen LogP contribution is -2.50. The van der Waals surface area contributed by atoms with Gasteiger partial charge in [0.1, 0.15) is 6.04 Å². The van der Waals surface area contributed by atoms with Crippen molar-refractivity contribution < 1.29 is 13.6 Å². The zero-order valence-corrected chi connectivity index (χ0v) is 18.8. The van der Waals surface area contributed by atoms with E-state index in [1.54, 1.807) is 29.5 Å². The normalized spacial score (nSPS) is 17.6. The zero-order valence-electron chi connectivity index (χ0n) is 18.8. The van der Waals surface area contributed by atoms with E-state index in [1.807, 2.05) is 37.5 Å². The van der Waals surface area contributed by atoms with Gasteiger partial charge in [-0.3, -0.25) is 14.2 Å². The summed E-state index contributed by atoms with van der Waals surface area (Å²) >= 11 is 0. The number of rotatable bonds is 4. The highest BCUT2D eigenvalue weighted by molar-refractivity contribution is 5.73. The predicted octanol–water partition coefficient (Wildman–Crippen LogP) is 3.84. The molecule has 174 valence electrons. The van der Waals surface area contributed by atoms with Crippen LogP contribution in [-0.4, -0.2) is 59.3 Å². The molecule has 1 amide bonds. The highest BCUT2D eigenvalue weighted by atomic mass is 19.3. The molecule has 1 aliphatic rings. The second-order valence-corrected chi connectivity index (χ2v) is 8.49. The molecule has 4 aromatic rings. The average molecular weight is 463 g/mol. The fourth-order valence-corrected chi connectivity index (χ4v) is 4.21. The molecule has 0 aliphatic carbocycles. The van der Waals surface area contributed by atoms with E-state index in [1.165, 1.54) is 22.7 Å². The Kier molecular flexibility index (Phi) is 5.43. The highest BCUT2D eigenvalue weighted by Crippen LogP contribution is 2.37. The molecule has 34 heavy (non-hydrogen) atoms. The second-order valence-electron chi connectivity index (χ2n) is 8.49. The van der Waals surface area contributed by atoms with Gasteiger partial charge in [0.25, 0.3) is 5.92 Å². The standard InChI is InChI=1S/C24H23F2N7O/c1-16(34)32-7-6-22(24(25,26)15-32)33-14-21(12-30-33)19-9-27-23(28-10-19)18-5-3-4-17(8-18)20-11-29-31(2)13-20/h3-5,8-14,22H,6-7,15H2,1-2H3. The second kappa shape index (κ2) is 8.44. The first-order chi connectivity index (χ1) is 16.3. The lowest BCUT2D eigenvalue weighted by molar-refractivity contribution is -0.147. The molecular formula is C24H23F2N7O. The molecule has 10 heteroatoms. The molecule has 1 unspecified atom stereocenters. The van der Waals surface area contributed by atoms with Crippen molar-refractivity contribution in [3.05, 3.63) is 61.4 Å². The SMILES string of the molecule is CC(=O)N1CCC(n2cc(-c3cnc(-c4cccc(-c5cnn(C)c5)c4)nc3)cn2)C(F)(F)C1. The minimum atomic E-state index is -3.06. The van der Waals surface area contributed by atoms with Crippen molar-refractivity contribution in [1.29, 1.82) is 0 Å². The molecule has 4 heterocycles. The smallest absolute Gasteiger partial charge is 0.287 e. The Morgan fingerprint density at radius 2 is 1.68 bits per heavy atom. The Bertz CT molecular complexity index is 1330. The maximum Gasteiger partial charge on any atom is 0.287 e. The Hall–Kier alpha value is -3.95. The van der Waals surface area contributed by atoms with Crippen molar-refractivity contribution in [1.82, 2.24) is 34.4 Å². The molecule has 1 aliphatic heterocycles. The average Bonchev–Trinajstić information content (AvgIpc) is 3.48. The number of aryl methyl sites for hydroxylation is 1. The largest absolute Gasteiger partial charge is 0.337 e. The summed E-state index contributed by atoms with van der Waals surface area (Å²) in [5.41, 5.74) is 4.21. The van der Waals surface area contributed by atoms with E-state index in [-0.39, 0.29) is 18.9 Å². The van der Waals surface area contributed by atoms with Crippen LogP contribution in [-0.2, 0) is 11.8 Å². The lowest BCUT2D eigenvalue weighted by Gasteiger charge is -2.37. The summed E-state index contributed by atoms with van der Waals surface area (Å²) in [5.74, 6) is -2.85. The van der Waals surface area contributed by atoms with Gasteiger partial charge in [-0.25, -0.2) is 18.7 Å². The summed E-state index contributed by atoms with van der Waals surface area (Å²) in [6.45, 7) is 0.986. The highest BCUT2D eigenvalue weighted by Gasteiger charge is 2.46. The van der Waals surface area contributed by atoms with Gasteiger partial charge < -0.3 is 4.90 Å². The Labute approximate surface area is 194 Å². The molecule has 8 nitrogen and oxygen atoms in total.